The van der Waals surface area contributed by atoms with Crippen LogP contribution in [-0.4, -0.2) is 19.5 Å². The number of para-hydroxylation sites is 1. The fraction of sp³-hybridized carbons (Fsp3) is 0.278. The van der Waals surface area contributed by atoms with Crippen molar-refractivity contribution in [2.24, 2.45) is 0 Å². The molecule has 0 bridgehead atoms. The highest BCUT2D eigenvalue weighted by Gasteiger charge is 2.05. The Labute approximate surface area is 126 Å². The van der Waals surface area contributed by atoms with E-state index in [-0.39, 0.29) is 5.91 Å². The van der Waals surface area contributed by atoms with Crippen LogP contribution in [-0.2, 0) is 11.3 Å². The topological polar surface area (TPSA) is 32.3 Å². The number of carbonyl (C=O) groups excluding carboxylic acids is 1. The minimum Gasteiger partial charge on any atom is -0.374 e. The Morgan fingerprint density at radius 3 is 2.38 bits per heavy atom. The Balaban J connectivity index is 1.73. The summed E-state index contributed by atoms with van der Waals surface area (Å²) in [6.07, 6.45) is 0.497. The number of anilines is 1. The van der Waals surface area contributed by atoms with Crippen molar-refractivity contribution >= 4 is 11.6 Å². The molecule has 21 heavy (non-hydrogen) atoms. The van der Waals surface area contributed by atoms with Gasteiger partial charge in [-0.1, -0.05) is 48.0 Å². The van der Waals surface area contributed by atoms with Crippen LogP contribution in [0.1, 0.15) is 17.5 Å². The Bertz CT molecular complexity index is 564. The molecule has 0 aliphatic rings. The molecule has 0 unspecified atom stereocenters. The third-order valence-electron chi connectivity index (χ3n) is 3.48. The molecule has 1 N–H and O–H groups in total. The molecule has 3 heteroatoms. The first kappa shape index (κ1) is 15.1. The van der Waals surface area contributed by atoms with Crippen molar-refractivity contribution in [3.63, 3.8) is 0 Å². The van der Waals surface area contributed by atoms with E-state index in [4.69, 9.17) is 0 Å². The molecule has 0 aromatic heterocycles. The van der Waals surface area contributed by atoms with Crippen molar-refractivity contribution in [3.8, 4) is 0 Å². The van der Waals surface area contributed by atoms with Crippen LogP contribution in [0.3, 0.4) is 0 Å². The Morgan fingerprint density at radius 2 is 1.71 bits per heavy atom. The highest BCUT2D eigenvalue weighted by Crippen LogP contribution is 2.11. The zero-order chi connectivity index (χ0) is 15.1. The minimum atomic E-state index is 0.0818. The van der Waals surface area contributed by atoms with E-state index >= 15 is 0 Å². The highest BCUT2D eigenvalue weighted by atomic mass is 16.1. The molecule has 1 amide bonds. The molecule has 0 aliphatic heterocycles. The second kappa shape index (κ2) is 7.48. The number of hydrogen-bond donors (Lipinski definition) is 1. The number of nitrogens with zero attached hydrogens (tertiary/aromatic N) is 1. The number of rotatable bonds is 6. The van der Waals surface area contributed by atoms with Crippen molar-refractivity contribution < 1.29 is 4.79 Å². The second-order valence-corrected chi connectivity index (χ2v) is 5.27. The Kier molecular flexibility index (Phi) is 5.38. The first-order chi connectivity index (χ1) is 10.1. The van der Waals surface area contributed by atoms with Crippen LogP contribution in [0.25, 0.3) is 0 Å². The summed E-state index contributed by atoms with van der Waals surface area (Å²) in [5.41, 5.74) is 3.49. The fourth-order valence-corrected chi connectivity index (χ4v) is 2.08. The van der Waals surface area contributed by atoms with Gasteiger partial charge in [0, 0.05) is 32.2 Å². The van der Waals surface area contributed by atoms with E-state index < -0.39 is 0 Å². The molecule has 0 aliphatic carbocycles. The summed E-state index contributed by atoms with van der Waals surface area (Å²) in [5, 5.41) is 2.96. The molecule has 0 spiro atoms. The quantitative estimate of drug-likeness (QED) is 0.883. The van der Waals surface area contributed by atoms with Gasteiger partial charge in [0.05, 0.1) is 0 Å². The van der Waals surface area contributed by atoms with E-state index in [9.17, 15) is 4.79 Å². The second-order valence-electron chi connectivity index (χ2n) is 5.27. The molecule has 0 saturated heterocycles. The van der Waals surface area contributed by atoms with Crippen LogP contribution in [0.4, 0.5) is 5.69 Å². The van der Waals surface area contributed by atoms with Gasteiger partial charge in [0.2, 0.25) is 5.91 Å². The van der Waals surface area contributed by atoms with Crippen LogP contribution in [0.15, 0.2) is 54.6 Å². The van der Waals surface area contributed by atoms with Gasteiger partial charge in [-0.25, -0.2) is 0 Å². The maximum Gasteiger partial charge on any atom is 0.222 e. The fourth-order valence-electron chi connectivity index (χ4n) is 2.08. The van der Waals surface area contributed by atoms with E-state index in [0.29, 0.717) is 19.5 Å². The Morgan fingerprint density at radius 1 is 1.05 bits per heavy atom. The lowest BCUT2D eigenvalue weighted by atomic mass is 10.1. The highest BCUT2D eigenvalue weighted by molar-refractivity contribution is 5.76. The van der Waals surface area contributed by atoms with Gasteiger partial charge in [-0.05, 0) is 24.6 Å². The molecule has 2 rings (SSSR count). The number of carbonyl (C=O) groups is 1. The molecule has 0 heterocycles. The summed E-state index contributed by atoms with van der Waals surface area (Å²) in [7, 11) is 2.00. The average molecular weight is 282 g/mol. The predicted molar refractivity (Wildman–Crippen MR) is 87.4 cm³/mol. The summed E-state index contributed by atoms with van der Waals surface area (Å²) in [6, 6.07) is 18.3. The molecule has 0 radical (unpaired) electrons. The average Bonchev–Trinajstić information content (AvgIpc) is 2.53. The number of benzene rings is 2. The third kappa shape index (κ3) is 4.95. The van der Waals surface area contributed by atoms with Gasteiger partial charge in [-0.3, -0.25) is 4.79 Å². The number of aryl methyl sites for hydroxylation is 1. The van der Waals surface area contributed by atoms with Crippen LogP contribution in [0.5, 0.6) is 0 Å². The lowest BCUT2D eigenvalue weighted by Crippen LogP contribution is -2.28. The van der Waals surface area contributed by atoms with Crippen LogP contribution in [0.2, 0.25) is 0 Å². The summed E-state index contributed by atoms with van der Waals surface area (Å²) < 4.78 is 0. The zero-order valence-electron chi connectivity index (χ0n) is 12.7. The van der Waals surface area contributed by atoms with Crippen molar-refractivity contribution in [2.45, 2.75) is 19.9 Å². The van der Waals surface area contributed by atoms with Gasteiger partial charge < -0.3 is 10.2 Å². The monoisotopic (exact) mass is 282 g/mol. The molecule has 110 valence electrons. The summed E-state index contributed by atoms with van der Waals surface area (Å²) in [6.45, 7) is 3.36. The standard InChI is InChI=1S/C18H22N2O/c1-15-8-10-16(11-9-15)14-19-18(21)12-13-20(2)17-6-4-3-5-7-17/h3-11H,12-14H2,1-2H3,(H,19,21). The van der Waals surface area contributed by atoms with E-state index in [1.807, 2.05) is 49.5 Å². The minimum absolute atomic E-state index is 0.0818. The van der Waals surface area contributed by atoms with Crippen molar-refractivity contribution in [3.05, 3.63) is 65.7 Å². The molecular formula is C18H22N2O. The number of amides is 1. The van der Waals surface area contributed by atoms with E-state index in [1.165, 1.54) is 5.56 Å². The predicted octanol–water partition coefficient (Wildman–Crippen LogP) is 3.14. The van der Waals surface area contributed by atoms with E-state index in [1.54, 1.807) is 0 Å². The maximum absolute atomic E-state index is 11.9. The lowest BCUT2D eigenvalue weighted by molar-refractivity contribution is -0.121. The summed E-state index contributed by atoms with van der Waals surface area (Å²) in [4.78, 5) is 14.0. The SMILES string of the molecule is Cc1ccc(CNC(=O)CCN(C)c2ccccc2)cc1. The molecule has 0 saturated carbocycles. The van der Waals surface area contributed by atoms with Gasteiger partial charge in [0.25, 0.3) is 0 Å². The van der Waals surface area contributed by atoms with Crippen LogP contribution < -0.4 is 10.2 Å². The normalized spacial score (nSPS) is 10.2. The molecule has 0 atom stereocenters. The third-order valence-corrected chi connectivity index (χ3v) is 3.48. The molecule has 2 aromatic carbocycles. The lowest BCUT2D eigenvalue weighted by Gasteiger charge is -2.18. The smallest absolute Gasteiger partial charge is 0.222 e. The zero-order valence-corrected chi connectivity index (χ0v) is 12.7. The van der Waals surface area contributed by atoms with Gasteiger partial charge in [0.15, 0.2) is 0 Å². The van der Waals surface area contributed by atoms with Gasteiger partial charge >= 0.3 is 0 Å². The van der Waals surface area contributed by atoms with Crippen molar-refractivity contribution in [2.75, 3.05) is 18.5 Å². The Hall–Kier alpha value is -2.29. The maximum atomic E-state index is 11.9. The molecule has 3 nitrogen and oxygen atoms in total. The largest absolute Gasteiger partial charge is 0.374 e. The number of nitrogens with one attached hydrogen (secondary N) is 1. The van der Waals surface area contributed by atoms with Gasteiger partial charge in [-0.15, -0.1) is 0 Å². The molecule has 0 fully saturated rings. The number of hydrogen-bond acceptors (Lipinski definition) is 2. The first-order valence-electron chi connectivity index (χ1n) is 7.23. The van der Waals surface area contributed by atoms with Crippen molar-refractivity contribution in [1.82, 2.24) is 5.32 Å². The summed E-state index contributed by atoms with van der Waals surface area (Å²) >= 11 is 0. The molecule has 2 aromatic rings. The van der Waals surface area contributed by atoms with E-state index in [2.05, 4.69) is 29.3 Å². The first-order valence-corrected chi connectivity index (χ1v) is 7.23. The van der Waals surface area contributed by atoms with E-state index in [0.717, 1.165) is 11.3 Å². The molecular weight excluding hydrogens is 260 g/mol. The van der Waals surface area contributed by atoms with Crippen molar-refractivity contribution in [1.29, 1.82) is 0 Å². The van der Waals surface area contributed by atoms with Crippen LogP contribution >= 0.6 is 0 Å². The van der Waals surface area contributed by atoms with Gasteiger partial charge in [0.1, 0.15) is 0 Å². The van der Waals surface area contributed by atoms with Gasteiger partial charge in [-0.2, -0.15) is 0 Å². The van der Waals surface area contributed by atoms with Crippen LogP contribution in [0, 0.1) is 6.92 Å². The summed E-state index contributed by atoms with van der Waals surface area (Å²) in [5.74, 6) is 0.0818.